The van der Waals surface area contributed by atoms with Crippen molar-refractivity contribution in [2.75, 3.05) is 29.9 Å². The molecule has 110 valence electrons. The van der Waals surface area contributed by atoms with Crippen molar-refractivity contribution in [1.29, 1.82) is 0 Å². The molecular formula is C15H28N2OS. The predicted octanol–water partition coefficient (Wildman–Crippen LogP) is 3.98. The lowest BCUT2D eigenvalue weighted by atomic mass is 9.90. The highest BCUT2D eigenvalue weighted by Gasteiger charge is 2.21. The standard InChI is InChI=1S/C15H26N2OS.H2/c1-6-17(7-2)12-11(13(18)14(12)19)16-10-8-9-15(3,4)5;/h16H,6-10H2,1-5H3;1H. The molecule has 0 aliphatic heterocycles. The van der Waals surface area contributed by atoms with Crippen LogP contribution in [0.25, 0.3) is 0 Å². The van der Waals surface area contributed by atoms with Crippen LogP contribution in [0.5, 0.6) is 0 Å². The number of anilines is 2. The van der Waals surface area contributed by atoms with E-state index >= 15 is 0 Å². The van der Waals surface area contributed by atoms with Gasteiger partial charge in [0.05, 0.1) is 5.69 Å². The summed E-state index contributed by atoms with van der Waals surface area (Å²) in [5.41, 5.74) is 2.02. The first-order valence-corrected chi connectivity index (χ1v) is 7.54. The van der Waals surface area contributed by atoms with E-state index in [2.05, 4.69) is 44.8 Å². The van der Waals surface area contributed by atoms with Crippen LogP contribution in [0.3, 0.4) is 0 Å². The van der Waals surface area contributed by atoms with Gasteiger partial charge < -0.3 is 10.2 Å². The van der Waals surface area contributed by atoms with Crippen LogP contribution in [0.4, 0.5) is 11.4 Å². The molecule has 0 aromatic heterocycles. The highest BCUT2D eigenvalue weighted by molar-refractivity contribution is 7.71. The van der Waals surface area contributed by atoms with Crippen molar-refractivity contribution in [3.8, 4) is 0 Å². The van der Waals surface area contributed by atoms with E-state index in [1.165, 1.54) is 0 Å². The topological polar surface area (TPSA) is 32.3 Å². The minimum absolute atomic E-state index is 0. The maximum absolute atomic E-state index is 11.8. The van der Waals surface area contributed by atoms with Crippen molar-refractivity contribution in [3.05, 3.63) is 14.7 Å². The van der Waals surface area contributed by atoms with E-state index in [-0.39, 0.29) is 6.86 Å². The Morgan fingerprint density at radius 2 is 1.84 bits per heavy atom. The molecule has 1 aromatic rings. The van der Waals surface area contributed by atoms with Gasteiger partial charge in [-0.2, -0.15) is 0 Å². The Bertz CT molecular complexity index is 483. The van der Waals surface area contributed by atoms with Crippen LogP contribution >= 0.6 is 12.2 Å². The van der Waals surface area contributed by atoms with Gasteiger partial charge in [-0.05, 0) is 32.1 Å². The van der Waals surface area contributed by atoms with E-state index in [9.17, 15) is 4.79 Å². The summed E-state index contributed by atoms with van der Waals surface area (Å²) < 4.78 is 0.488. The first-order valence-electron chi connectivity index (χ1n) is 7.14. The molecule has 0 atom stereocenters. The maximum atomic E-state index is 11.8. The van der Waals surface area contributed by atoms with Gasteiger partial charge in [0.25, 0.3) is 0 Å². The zero-order valence-electron chi connectivity index (χ0n) is 12.8. The van der Waals surface area contributed by atoms with Crippen LogP contribution in [0.15, 0.2) is 4.79 Å². The molecule has 0 saturated heterocycles. The first-order chi connectivity index (χ1) is 8.81. The van der Waals surface area contributed by atoms with Gasteiger partial charge >= 0.3 is 0 Å². The quantitative estimate of drug-likeness (QED) is 0.606. The monoisotopic (exact) mass is 284 g/mol. The summed E-state index contributed by atoms with van der Waals surface area (Å²) in [4.78, 5) is 14.0. The molecule has 1 rings (SSSR count). The van der Waals surface area contributed by atoms with Gasteiger partial charge in [0.2, 0.25) is 5.43 Å². The minimum atomic E-state index is 0. The fourth-order valence-corrected chi connectivity index (χ4v) is 2.55. The summed E-state index contributed by atoms with van der Waals surface area (Å²) in [5.74, 6) is 0. The SMILES string of the molecule is CCN(CC)c1c(NCCCC(C)(C)C)c(=O)c1=S.[HH]. The fraction of sp³-hybridized carbons (Fsp3) is 0.733. The van der Waals surface area contributed by atoms with Gasteiger partial charge in [0, 0.05) is 21.1 Å². The first kappa shape index (κ1) is 16.2. The lowest BCUT2D eigenvalue weighted by Gasteiger charge is -2.26. The summed E-state index contributed by atoms with van der Waals surface area (Å²) >= 11 is 5.16. The number of nitrogens with one attached hydrogen (secondary N) is 1. The van der Waals surface area contributed by atoms with E-state index in [1.54, 1.807) is 0 Å². The summed E-state index contributed by atoms with van der Waals surface area (Å²) in [5, 5.41) is 3.27. The summed E-state index contributed by atoms with van der Waals surface area (Å²) in [6, 6.07) is 0. The van der Waals surface area contributed by atoms with E-state index in [0.717, 1.165) is 43.9 Å². The second kappa shape index (κ2) is 6.51. The number of rotatable bonds is 7. The van der Waals surface area contributed by atoms with Crippen LogP contribution in [-0.4, -0.2) is 19.6 Å². The summed E-state index contributed by atoms with van der Waals surface area (Å²) in [6.45, 7) is 13.5. The van der Waals surface area contributed by atoms with Gasteiger partial charge in [-0.3, -0.25) is 4.79 Å². The number of hydrogen-bond acceptors (Lipinski definition) is 4. The second-order valence-corrected chi connectivity index (χ2v) is 6.55. The van der Waals surface area contributed by atoms with E-state index in [0.29, 0.717) is 9.93 Å². The molecule has 0 radical (unpaired) electrons. The largest absolute Gasteiger partial charge is 0.380 e. The van der Waals surface area contributed by atoms with Crippen molar-refractivity contribution >= 4 is 23.6 Å². The second-order valence-electron chi connectivity index (χ2n) is 6.15. The highest BCUT2D eigenvalue weighted by atomic mass is 32.1. The molecule has 0 saturated carbocycles. The van der Waals surface area contributed by atoms with Crippen molar-refractivity contribution in [2.24, 2.45) is 5.41 Å². The van der Waals surface area contributed by atoms with Crippen LogP contribution in [0, 0.1) is 9.93 Å². The number of hydrogen-bond donors (Lipinski definition) is 1. The maximum Gasteiger partial charge on any atom is 0.223 e. The molecule has 0 heterocycles. The molecule has 0 amide bonds. The van der Waals surface area contributed by atoms with Gasteiger partial charge in [0.15, 0.2) is 0 Å². The van der Waals surface area contributed by atoms with E-state index in [1.807, 2.05) is 0 Å². The third kappa shape index (κ3) is 4.03. The van der Waals surface area contributed by atoms with Crippen molar-refractivity contribution < 1.29 is 1.43 Å². The molecule has 0 fully saturated rings. The van der Waals surface area contributed by atoms with E-state index < -0.39 is 0 Å². The number of nitrogens with zero attached hydrogens (tertiary/aromatic N) is 1. The van der Waals surface area contributed by atoms with Gasteiger partial charge in [-0.1, -0.05) is 33.0 Å². The molecule has 19 heavy (non-hydrogen) atoms. The lowest BCUT2D eigenvalue weighted by Crippen LogP contribution is -2.31. The van der Waals surface area contributed by atoms with Crippen molar-refractivity contribution in [2.45, 2.75) is 47.5 Å². The third-order valence-corrected chi connectivity index (χ3v) is 3.75. The van der Waals surface area contributed by atoms with Crippen LogP contribution in [0.2, 0.25) is 0 Å². The average molecular weight is 284 g/mol. The van der Waals surface area contributed by atoms with Crippen LogP contribution in [-0.2, 0) is 0 Å². The van der Waals surface area contributed by atoms with Gasteiger partial charge in [0.1, 0.15) is 10.2 Å². The Kier molecular flexibility index (Phi) is 5.53. The fourth-order valence-electron chi connectivity index (χ4n) is 2.22. The predicted molar refractivity (Wildman–Crippen MR) is 88.8 cm³/mol. The zero-order valence-corrected chi connectivity index (χ0v) is 13.6. The Hall–Kier alpha value is -0.900. The summed E-state index contributed by atoms with van der Waals surface area (Å²) in [7, 11) is 0. The average Bonchev–Trinajstić information content (AvgIpc) is 2.35. The lowest BCUT2D eigenvalue weighted by molar-refractivity contribution is 0.370. The van der Waals surface area contributed by atoms with Crippen molar-refractivity contribution in [1.82, 2.24) is 0 Å². The smallest absolute Gasteiger partial charge is 0.223 e. The van der Waals surface area contributed by atoms with Crippen molar-refractivity contribution in [3.63, 3.8) is 0 Å². The Morgan fingerprint density at radius 3 is 2.32 bits per heavy atom. The minimum Gasteiger partial charge on any atom is -0.380 e. The molecule has 0 bridgehead atoms. The molecular weight excluding hydrogens is 256 g/mol. The normalized spacial score (nSPS) is 11.8. The van der Waals surface area contributed by atoms with Gasteiger partial charge in [-0.25, -0.2) is 0 Å². The highest BCUT2D eigenvalue weighted by Crippen LogP contribution is 2.28. The molecule has 3 nitrogen and oxygen atoms in total. The molecule has 1 N–H and O–H groups in total. The van der Waals surface area contributed by atoms with Gasteiger partial charge in [-0.15, -0.1) is 0 Å². The molecule has 4 heteroatoms. The molecule has 0 aliphatic rings. The Balaban J connectivity index is 0.00000361. The molecule has 0 spiro atoms. The van der Waals surface area contributed by atoms with Crippen LogP contribution in [0.1, 0.15) is 48.9 Å². The molecule has 0 unspecified atom stereocenters. The molecule has 1 aromatic carbocycles. The zero-order chi connectivity index (χ0) is 14.6. The Morgan fingerprint density at radius 1 is 1.26 bits per heavy atom. The van der Waals surface area contributed by atoms with Crippen LogP contribution < -0.4 is 15.6 Å². The third-order valence-electron chi connectivity index (χ3n) is 3.37. The Labute approximate surface area is 123 Å². The summed E-state index contributed by atoms with van der Waals surface area (Å²) in [6.07, 6.45) is 2.21. The van der Waals surface area contributed by atoms with E-state index in [4.69, 9.17) is 12.2 Å². The molecule has 0 aliphatic carbocycles.